The van der Waals surface area contributed by atoms with Crippen LogP contribution in [0.1, 0.15) is 0 Å². The number of nitrogens with one attached hydrogen (secondary N) is 1. The Morgan fingerprint density at radius 2 is 2.18 bits per heavy atom. The Bertz CT molecular complexity index is 98.6. The summed E-state index contributed by atoms with van der Waals surface area (Å²) in [5.41, 5.74) is 0. The van der Waals surface area contributed by atoms with E-state index in [4.69, 9.17) is 9.76 Å². The molecule has 11 heavy (non-hydrogen) atoms. The summed E-state index contributed by atoms with van der Waals surface area (Å²) in [4.78, 5) is 2.31. The number of rotatable bonds is 4. The summed E-state index contributed by atoms with van der Waals surface area (Å²) < 4.78 is 5.19. The molecule has 2 N–H and O–H groups in total. The highest BCUT2D eigenvalue weighted by molar-refractivity contribution is 6.21. The second-order valence-corrected chi connectivity index (χ2v) is 2.54. The van der Waals surface area contributed by atoms with E-state index in [1.807, 2.05) is 0 Å². The van der Waals surface area contributed by atoms with Crippen LogP contribution in [0, 0.1) is 0 Å². The monoisotopic (exact) mass is 157 g/mol. The maximum absolute atomic E-state index is 8.32. The summed E-state index contributed by atoms with van der Waals surface area (Å²) in [6.45, 7) is 5.46. The van der Waals surface area contributed by atoms with E-state index in [0.29, 0.717) is 0 Å². The lowest BCUT2D eigenvalue weighted by Crippen LogP contribution is -2.40. The molecule has 5 heteroatoms. The van der Waals surface area contributed by atoms with Gasteiger partial charge in [-0.25, -0.2) is 0 Å². The zero-order valence-corrected chi connectivity index (χ0v) is 6.62. The maximum atomic E-state index is 8.32. The predicted molar refractivity (Wildman–Crippen MR) is 43.2 cm³/mol. The van der Waals surface area contributed by atoms with Crippen molar-refractivity contribution in [3.05, 3.63) is 0 Å². The lowest BCUT2D eigenvalue weighted by molar-refractivity contribution is 0.0389. The molecule has 0 amide bonds. The predicted octanol–water partition coefficient (Wildman–Crippen LogP) is -1.57. The molecule has 0 saturated carbocycles. The number of morpholine rings is 1. The molecule has 1 saturated heterocycles. The molecule has 0 unspecified atom stereocenters. The molecule has 4 nitrogen and oxygen atoms in total. The number of ether oxygens (including phenoxy) is 1. The average molecular weight is 157 g/mol. The Morgan fingerprint density at radius 3 is 2.82 bits per heavy atom. The Morgan fingerprint density at radius 1 is 1.45 bits per heavy atom. The molecule has 0 aromatic rings. The van der Waals surface area contributed by atoms with Crippen LogP contribution < -0.4 is 5.23 Å². The van der Waals surface area contributed by atoms with Crippen molar-refractivity contribution in [2.45, 2.75) is 0 Å². The van der Waals surface area contributed by atoms with Crippen LogP contribution in [0.15, 0.2) is 0 Å². The summed E-state index contributed by atoms with van der Waals surface area (Å²) in [5.74, 6) is 0. The van der Waals surface area contributed by atoms with Gasteiger partial charge in [0.1, 0.15) is 0 Å². The molecule has 1 aliphatic heterocycles. The fourth-order valence-electron chi connectivity index (χ4n) is 1.11. The molecule has 1 rings (SSSR count). The minimum atomic E-state index is 0.802. The van der Waals surface area contributed by atoms with Gasteiger partial charge >= 0.3 is 7.62 Å². The molecule has 1 heterocycles. The lowest BCUT2D eigenvalue weighted by atomic mass is 10.3. The van der Waals surface area contributed by atoms with Crippen molar-refractivity contribution < 1.29 is 9.76 Å². The number of hydrogen-bond donors (Lipinski definition) is 2. The minimum Gasteiger partial charge on any atom is -0.440 e. The quantitative estimate of drug-likeness (QED) is 0.382. The lowest BCUT2D eigenvalue weighted by Gasteiger charge is -2.26. The van der Waals surface area contributed by atoms with Gasteiger partial charge in [-0.1, -0.05) is 0 Å². The molecule has 0 atom stereocenters. The molecule has 1 fully saturated rings. The SMILES string of the molecule is O[B]NCCN1CCOCC1. The van der Waals surface area contributed by atoms with Crippen molar-refractivity contribution in [3.8, 4) is 0 Å². The van der Waals surface area contributed by atoms with E-state index in [9.17, 15) is 0 Å². The van der Waals surface area contributed by atoms with E-state index in [2.05, 4.69) is 10.1 Å². The first-order valence-corrected chi connectivity index (χ1v) is 3.93. The molecule has 0 spiro atoms. The number of nitrogens with zero attached hydrogens (tertiary/aromatic N) is 1. The molecule has 0 aromatic carbocycles. The summed E-state index contributed by atoms with van der Waals surface area (Å²) in [5, 5.41) is 11.1. The smallest absolute Gasteiger partial charge is 0.392 e. The first-order valence-electron chi connectivity index (χ1n) is 3.93. The van der Waals surface area contributed by atoms with Gasteiger partial charge in [-0.2, -0.15) is 0 Å². The molecular formula is C6H14BN2O2. The Kier molecular flexibility index (Phi) is 4.53. The highest BCUT2D eigenvalue weighted by Crippen LogP contribution is 1.94. The molecule has 1 radical (unpaired) electrons. The Labute approximate surface area is 67.8 Å². The van der Waals surface area contributed by atoms with Gasteiger partial charge in [0, 0.05) is 19.6 Å². The summed E-state index contributed by atoms with van der Waals surface area (Å²) in [6.07, 6.45) is 0. The van der Waals surface area contributed by atoms with Crippen molar-refractivity contribution in [3.63, 3.8) is 0 Å². The van der Waals surface area contributed by atoms with Crippen molar-refractivity contribution in [2.75, 3.05) is 39.4 Å². The van der Waals surface area contributed by atoms with Gasteiger partial charge in [-0.05, 0) is 6.54 Å². The van der Waals surface area contributed by atoms with Gasteiger partial charge in [0.2, 0.25) is 0 Å². The summed E-state index contributed by atoms with van der Waals surface area (Å²) in [6, 6.07) is 0. The highest BCUT2D eigenvalue weighted by Gasteiger charge is 2.08. The average Bonchev–Trinajstić information content (AvgIpc) is 2.07. The van der Waals surface area contributed by atoms with Gasteiger partial charge in [-0.3, -0.25) is 4.90 Å². The second kappa shape index (κ2) is 5.54. The van der Waals surface area contributed by atoms with Crippen LogP contribution in [0.5, 0.6) is 0 Å². The molecule has 0 bridgehead atoms. The van der Waals surface area contributed by atoms with Gasteiger partial charge in [0.15, 0.2) is 0 Å². The minimum absolute atomic E-state index is 0.802. The summed E-state index contributed by atoms with van der Waals surface area (Å²) >= 11 is 0. The maximum Gasteiger partial charge on any atom is 0.392 e. The third-order valence-corrected chi connectivity index (χ3v) is 1.77. The zero-order chi connectivity index (χ0) is 7.94. The van der Waals surface area contributed by atoms with E-state index < -0.39 is 0 Å². The van der Waals surface area contributed by atoms with Crippen LogP contribution in [0.4, 0.5) is 0 Å². The zero-order valence-electron chi connectivity index (χ0n) is 6.62. The third kappa shape index (κ3) is 3.72. The topological polar surface area (TPSA) is 44.7 Å². The fourth-order valence-corrected chi connectivity index (χ4v) is 1.11. The molecule has 0 aromatic heterocycles. The van der Waals surface area contributed by atoms with E-state index in [0.717, 1.165) is 47.0 Å². The van der Waals surface area contributed by atoms with E-state index in [-0.39, 0.29) is 0 Å². The third-order valence-electron chi connectivity index (χ3n) is 1.77. The standard InChI is InChI=1S/C6H14BN2O2/c10-7-8-1-2-9-3-5-11-6-4-9/h8,10H,1-6H2. The molecule has 1 aliphatic rings. The largest absolute Gasteiger partial charge is 0.440 e. The van der Waals surface area contributed by atoms with Crippen LogP contribution in [0.3, 0.4) is 0 Å². The Balaban J connectivity index is 1.96. The van der Waals surface area contributed by atoms with Crippen molar-refractivity contribution in [1.29, 1.82) is 0 Å². The van der Waals surface area contributed by atoms with Gasteiger partial charge < -0.3 is 15.0 Å². The number of hydrogen-bond acceptors (Lipinski definition) is 4. The van der Waals surface area contributed by atoms with Crippen LogP contribution >= 0.6 is 0 Å². The molecule has 63 valence electrons. The summed E-state index contributed by atoms with van der Waals surface area (Å²) in [7, 11) is 0.987. The van der Waals surface area contributed by atoms with Crippen molar-refractivity contribution in [1.82, 2.24) is 10.1 Å². The van der Waals surface area contributed by atoms with Gasteiger partial charge in [0.25, 0.3) is 0 Å². The first-order chi connectivity index (χ1) is 5.43. The van der Waals surface area contributed by atoms with Gasteiger partial charge in [0.05, 0.1) is 13.2 Å². The van der Waals surface area contributed by atoms with E-state index in [1.165, 1.54) is 0 Å². The fraction of sp³-hybridized carbons (Fsp3) is 1.00. The molecular weight excluding hydrogens is 143 g/mol. The van der Waals surface area contributed by atoms with E-state index in [1.54, 1.807) is 0 Å². The van der Waals surface area contributed by atoms with Crippen LogP contribution in [0.2, 0.25) is 0 Å². The molecule has 0 aliphatic carbocycles. The van der Waals surface area contributed by atoms with Crippen molar-refractivity contribution in [2.24, 2.45) is 0 Å². The van der Waals surface area contributed by atoms with Crippen LogP contribution in [-0.4, -0.2) is 56.9 Å². The van der Waals surface area contributed by atoms with Crippen LogP contribution in [0.25, 0.3) is 0 Å². The van der Waals surface area contributed by atoms with Crippen molar-refractivity contribution >= 4 is 7.62 Å². The second-order valence-electron chi connectivity index (χ2n) is 2.54. The highest BCUT2D eigenvalue weighted by atomic mass is 16.5. The van der Waals surface area contributed by atoms with Crippen LogP contribution in [-0.2, 0) is 4.74 Å². The normalized spacial score (nSPS) is 20.1. The Hall–Kier alpha value is -0.0951. The van der Waals surface area contributed by atoms with E-state index >= 15 is 0 Å². The first kappa shape index (κ1) is 9.00. The van der Waals surface area contributed by atoms with Gasteiger partial charge in [-0.15, -0.1) is 0 Å².